The Labute approximate surface area is 211 Å². The molecular weight excluding hydrogens is 430 g/mol. The average molecular weight is 472 g/mol. The van der Waals surface area contributed by atoms with Crippen molar-refractivity contribution >= 4 is 11.5 Å². The number of benzene rings is 1. The van der Waals surface area contributed by atoms with Crippen molar-refractivity contribution in [2.45, 2.75) is 90.1 Å². The number of fused-ring (bicyclic) bond motifs is 5. The topological polar surface area (TPSA) is 40.5 Å². The Balaban J connectivity index is 1.44. The number of carbonyl (C=O) groups excluding carboxylic acids is 1. The molecule has 0 amide bonds. The van der Waals surface area contributed by atoms with Gasteiger partial charge in [-0.3, -0.25) is 4.79 Å². The van der Waals surface area contributed by atoms with E-state index in [1.807, 2.05) is 13.0 Å². The second kappa shape index (κ2) is 8.24. The largest absolute Gasteiger partial charge is 0.377 e. The Hall–Kier alpha value is -2.05. The van der Waals surface area contributed by atoms with Crippen molar-refractivity contribution in [3.63, 3.8) is 0 Å². The summed E-state index contributed by atoms with van der Waals surface area (Å²) in [5.41, 5.74) is 3.14. The third-order valence-electron chi connectivity index (χ3n) is 11.2. The monoisotopic (exact) mass is 471 g/mol. The van der Waals surface area contributed by atoms with Crippen LogP contribution >= 0.6 is 0 Å². The second-order valence-corrected chi connectivity index (χ2v) is 12.7. The van der Waals surface area contributed by atoms with Gasteiger partial charge >= 0.3 is 0 Å². The lowest BCUT2D eigenvalue weighted by Gasteiger charge is -2.61. The van der Waals surface area contributed by atoms with Crippen LogP contribution in [0.2, 0.25) is 0 Å². The maximum atomic E-state index is 12.4. The van der Waals surface area contributed by atoms with E-state index in [1.165, 1.54) is 29.7 Å². The van der Waals surface area contributed by atoms with Crippen LogP contribution in [0.5, 0.6) is 0 Å². The molecule has 186 valence electrons. The fourth-order valence-corrected chi connectivity index (χ4v) is 9.39. The lowest BCUT2D eigenvalue weighted by molar-refractivity contribution is -0.122. The predicted octanol–water partition coefficient (Wildman–Crippen LogP) is 6.27. The summed E-state index contributed by atoms with van der Waals surface area (Å²) in [7, 11) is 0. The van der Waals surface area contributed by atoms with Crippen LogP contribution in [0.1, 0.15) is 90.0 Å². The first-order chi connectivity index (χ1) is 16.8. The van der Waals surface area contributed by atoms with Crippen LogP contribution in [0.15, 0.2) is 35.9 Å². The number of nitrogens with zero attached hydrogens (tertiary/aromatic N) is 1. The van der Waals surface area contributed by atoms with E-state index in [9.17, 15) is 9.90 Å². The molecule has 0 spiro atoms. The molecule has 3 nitrogen and oxygen atoms in total. The maximum absolute atomic E-state index is 12.4. The van der Waals surface area contributed by atoms with Crippen molar-refractivity contribution in [1.82, 2.24) is 0 Å². The van der Waals surface area contributed by atoms with E-state index in [-0.39, 0.29) is 10.8 Å². The predicted molar refractivity (Wildman–Crippen MR) is 141 cm³/mol. The van der Waals surface area contributed by atoms with Crippen molar-refractivity contribution in [3.05, 3.63) is 41.5 Å². The fourth-order valence-electron chi connectivity index (χ4n) is 9.39. The second-order valence-electron chi connectivity index (χ2n) is 12.7. The average Bonchev–Trinajstić information content (AvgIpc) is 3.46. The van der Waals surface area contributed by atoms with Gasteiger partial charge in [0, 0.05) is 30.6 Å². The molecule has 1 heterocycles. The molecule has 7 atom stereocenters. The number of aliphatic hydroxyl groups is 1. The highest BCUT2D eigenvalue weighted by atomic mass is 16.3. The number of anilines is 1. The Kier molecular flexibility index (Phi) is 5.50. The van der Waals surface area contributed by atoms with Crippen LogP contribution < -0.4 is 4.90 Å². The van der Waals surface area contributed by atoms with Crippen LogP contribution in [0.4, 0.5) is 5.69 Å². The summed E-state index contributed by atoms with van der Waals surface area (Å²) < 4.78 is 0. The molecule has 3 saturated carbocycles. The van der Waals surface area contributed by atoms with Gasteiger partial charge in [0.2, 0.25) is 0 Å². The number of allylic oxidation sites excluding steroid dienone is 1. The van der Waals surface area contributed by atoms with E-state index in [1.54, 1.807) is 0 Å². The van der Waals surface area contributed by atoms with E-state index in [0.717, 1.165) is 51.6 Å². The molecule has 1 aromatic carbocycles. The van der Waals surface area contributed by atoms with Gasteiger partial charge in [0.15, 0.2) is 5.78 Å². The van der Waals surface area contributed by atoms with Gasteiger partial charge in [0.1, 0.15) is 5.60 Å². The summed E-state index contributed by atoms with van der Waals surface area (Å²) >= 11 is 0. The Morgan fingerprint density at radius 3 is 2.49 bits per heavy atom. The summed E-state index contributed by atoms with van der Waals surface area (Å²) in [4.78, 5) is 14.9. The van der Waals surface area contributed by atoms with Crippen molar-refractivity contribution < 1.29 is 9.90 Å². The molecule has 6 rings (SSSR count). The summed E-state index contributed by atoms with van der Waals surface area (Å²) in [5.74, 6) is 8.64. The smallest absolute Gasteiger partial charge is 0.155 e. The van der Waals surface area contributed by atoms with Crippen LogP contribution in [-0.2, 0) is 4.79 Å². The van der Waals surface area contributed by atoms with Crippen LogP contribution in [0.3, 0.4) is 0 Å². The van der Waals surface area contributed by atoms with Crippen molar-refractivity contribution in [1.29, 1.82) is 0 Å². The SMILES string of the molecule is CC#C[C@]1(O)CC[C@H]2[C@@H]3CCC4=CC(=O)CC[C@]4(C)C3C(c3ccc(N4CCCC4)cc3)C[C@@]21C. The Morgan fingerprint density at radius 2 is 1.77 bits per heavy atom. The van der Waals surface area contributed by atoms with Crippen LogP contribution in [-0.4, -0.2) is 29.6 Å². The van der Waals surface area contributed by atoms with E-state index >= 15 is 0 Å². The minimum absolute atomic E-state index is 0.0770. The first kappa shape index (κ1) is 23.4. The van der Waals surface area contributed by atoms with Gasteiger partial charge in [-0.15, -0.1) is 5.92 Å². The van der Waals surface area contributed by atoms with Crippen molar-refractivity contribution in [2.24, 2.45) is 28.6 Å². The molecule has 0 radical (unpaired) electrons. The zero-order chi connectivity index (χ0) is 24.4. The molecule has 4 aliphatic carbocycles. The third-order valence-corrected chi connectivity index (χ3v) is 11.2. The van der Waals surface area contributed by atoms with Gasteiger partial charge in [-0.05, 0) is 111 Å². The summed E-state index contributed by atoms with van der Waals surface area (Å²) in [5, 5.41) is 11.9. The van der Waals surface area contributed by atoms with Gasteiger partial charge < -0.3 is 10.0 Å². The minimum atomic E-state index is -0.898. The van der Waals surface area contributed by atoms with Crippen LogP contribution in [0, 0.1) is 40.4 Å². The van der Waals surface area contributed by atoms with Gasteiger partial charge in [0.05, 0.1) is 0 Å². The highest BCUT2D eigenvalue weighted by Crippen LogP contribution is 2.70. The summed E-state index contributed by atoms with van der Waals surface area (Å²) in [6, 6.07) is 9.44. The number of hydrogen-bond donors (Lipinski definition) is 1. The van der Waals surface area contributed by atoms with Crippen molar-refractivity contribution in [3.8, 4) is 11.8 Å². The number of carbonyl (C=O) groups is 1. The molecule has 1 saturated heterocycles. The zero-order valence-corrected chi connectivity index (χ0v) is 21.8. The third kappa shape index (κ3) is 3.39. The van der Waals surface area contributed by atoms with E-state index in [4.69, 9.17) is 0 Å². The van der Waals surface area contributed by atoms with Gasteiger partial charge in [-0.2, -0.15) is 0 Å². The minimum Gasteiger partial charge on any atom is -0.377 e. The summed E-state index contributed by atoms with van der Waals surface area (Å²) in [6.07, 6.45) is 11.2. The fraction of sp³-hybridized carbons (Fsp3) is 0.656. The van der Waals surface area contributed by atoms with Gasteiger partial charge in [0.25, 0.3) is 0 Å². The molecule has 1 aliphatic heterocycles. The first-order valence-corrected chi connectivity index (χ1v) is 14.0. The molecule has 0 bridgehead atoms. The van der Waals surface area contributed by atoms with Gasteiger partial charge in [-0.1, -0.05) is 37.5 Å². The molecule has 1 aromatic rings. The standard InChI is InChI=1S/C32H41NO2/c1-4-15-32(35)17-14-28-26-12-9-23-20-25(34)13-16-30(23,2)29(26)27(21-31(28,32)3)22-7-10-24(11-8-22)33-18-5-6-19-33/h7-8,10-11,20,26-29,35H,5-6,9,12-14,16-19,21H2,1-3H3/t26-,27?,28-,29?,30-,31-,32-/m0/s1. The van der Waals surface area contributed by atoms with Gasteiger partial charge in [-0.25, -0.2) is 0 Å². The molecule has 35 heavy (non-hydrogen) atoms. The van der Waals surface area contributed by atoms with E-state index in [2.05, 4.69) is 54.9 Å². The molecule has 2 unspecified atom stereocenters. The number of rotatable bonds is 2. The maximum Gasteiger partial charge on any atom is 0.155 e. The van der Waals surface area contributed by atoms with E-state index < -0.39 is 5.60 Å². The highest BCUT2D eigenvalue weighted by Gasteiger charge is 2.66. The quantitative estimate of drug-likeness (QED) is 0.517. The Bertz CT molecular complexity index is 1100. The van der Waals surface area contributed by atoms with Crippen molar-refractivity contribution in [2.75, 3.05) is 18.0 Å². The molecule has 1 N–H and O–H groups in total. The molecule has 5 aliphatic rings. The highest BCUT2D eigenvalue weighted by molar-refractivity contribution is 5.91. The molecule has 3 heteroatoms. The first-order valence-electron chi connectivity index (χ1n) is 14.0. The summed E-state index contributed by atoms with van der Waals surface area (Å²) in [6.45, 7) is 9.00. The number of hydrogen-bond acceptors (Lipinski definition) is 3. The lowest BCUT2D eigenvalue weighted by atomic mass is 9.43. The molecular formula is C32H41NO2. The number of ketones is 1. The van der Waals surface area contributed by atoms with E-state index in [0.29, 0.717) is 35.9 Å². The normalized spacial score (nSPS) is 42.5. The van der Waals surface area contributed by atoms with Crippen LogP contribution in [0.25, 0.3) is 0 Å². The lowest BCUT2D eigenvalue weighted by Crippen LogP contribution is -2.57. The molecule has 0 aromatic heterocycles. The molecule has 4 fully saturated rings. The zero-order valence-electron chi connectivity index (χ0n) is 21.8. The Morgan fingerprint density at radius 1 is 1.03 bits per heavy atom.